The van der Waals surface area contributed by atoms with Crippen molar-refractivity contribution in [1.82, 2.24) is 15.1 Å². The van der Waals surface area contributed by atoms with Crippen LogP contribution < -0.4 is 14.4 Å². The number of hydrogen-bond acceptors (Lipinski definition) is 6. The molecule has 1 amide bonds. The number of carbonyl (C=O) groups is 1. The minimum absolute atomic E-state index is 0.0296. The first-order valence-electron chi connectivity index (χ1n) is 9.89. The number of methoxy groups -OCH3 is 1. The minimum atomic E-state index is -0.0317. The van der Waals surface area contributed by atoms with Crippen molar-refractivity contribution in [3.05, 3.63) is 42.0 Å². The molecule has 1 aromatic heterocycles. The highest BCUT2D eigenvalue weighted by atomic mass is 16.5. The van der Waals surface area contributed by atoms with Gasteiger partial charge in [-0.05, 0) is 49.4 Å². The molecule has 28 heavy (non-hydrogen) atoms. The van der Waals surface area contributed by atoms with Crippen molar-refractivity contribution in [2.75, 3.05) is 38.3 Å². The first-order chi connectivity index (χ1) is 13.7. The van der Waals surface area contributed by atoms with Gasteiger partial charge >= 0.3 is 0 Å². The summed E-state index contributed by atoms with van der Waals surface area (Å²) in [5.74, 6) is 2.03. The number of likely N-dealkylation sites (tertiary alicyclic amines) is 1. The number of rotatable bonds is 6. The van der Waals surface area contributed by atoms with Crippen LogP contribution >= 0.6 is 0 Å². The molecule has 0 unspecified atom stereocenters. The average Bonchev–Trinajstić information content (AvgIpc) is 3.44. The van der Waals surface area contributed by atoms with Gasteiger partial charge in [0.05, 0.1) is 13.2 Å². The molecule has 2 fully saturated rings. The third-order valence-electron chi connectivity index (χ3n) is 5.45. The lowest BCUT2D eigenvalue weighted by molar-refractivity contribution is -0.134. The topological polar surface area (TPSA) is 67.8 Å². The number of aromatic nitrogens is 2. The Morgan fingerprint density at radius 3 is 2.71 bits per heavy atom. The molecule has 2 saturated heterocycles. The molecule has 1 atom stereocenters. The standard InChI is InChI=1S/C21H26N4O3/c1-27-17-7-4-6-16(14-17)18-8-5-13-25(18)21(26)15-28-20-10-9-19(22-23-20)24-11-2-3-12-24/h4,6-7,9-10,14,18H,2-3,5,8,11-13,15H2,1H3/t18-/m1/s1. The summed E-state index contributed by atoms with van der Waals surface area (Å²) in [5.41, 5.74) is 1.10. The summed E-state index contributed by atoms with van der Waals surface area (Å²) in [5, 5.41) is 8.35. The third kappa shape index (κ3) is 4.03. The van der Waals surface area contributed by atoms with Crippen LogP contribution in [0.1, 0.15) is 37.3 Å². The monoisotopic (exact) mass is 382 g/mol. The van der Waals surface area contributed by atoms with E-state index in [-0.39, 0.29) is 18.6 Å². The normalized spacial score (nSPS) is 19.1. The summed E-state index contributed by atoms with van der Waals surface area (Å²) in [6.45, 7) is 2.75. The zero-order chi connectivity index (χ0) is 19.3. The SMILES string of the molecule is COc1cccc([C@H]2CCCN2C(=O)COc2ccc(N3CCCC3)nn2)c1. The Morgan fingerprint density at radius 1 is 1.11 bits per heavy atom. The Kier molecular flexibility index (Phi) is 5.60. The number of amides is 1. The number of ether oxygens (including phenoxy) is 2. The lowest BCUT2D eigenvalue weighted by atomic mass is 10.0. The van der Waals surface area contributed by atoms with Crippen LogP contribution in [0.15, 0.2) is 36.4 Å². The molecule has 0 N–H and O–H groups in total. The number of anilines is 1. The molecule has 2 aliphatic rings. The Morgan fingerprint density at radius 2 is 1.96 bits per heavy atom. The molecule has 0 saturated carbocycles. The number of nitrogens with zero attached hydrogens (tertiary/aromatic N) is 4. The molecule has 1 aromatic carbocycles. The summed E-state index contributed by atoms with van der Waals surface area (Å²) in [4.78, 5) is 16.8. The lowest BCUT2D eigenvalue weighted by Gasteiger charge is -2.25. The van der Waals surface area contributed by atoms with E-state index in [1.54, 1.807) is 13.2 Å². The Bertz CT molecular complexity index is 806. The average molecular weight is 382 g/mol. The first-order valence-corrected chi connectivity index (χ1v) is 9.89. The van der Waals surface area contributed by atoms with Crippen LogP contribution in [-0.2, 0) is 4.79 Å². The van der Waals surface area contributed by atoms with Crippen LogP contribution in [0.5, 0.6) is 11.6 Å². The van der Waals surface area contributed by atoms with Gasteiger partial charge < -0.3 is 19.3 Å². The van der Waals surface area contributed by atoms with E-state index in [0.717, 1.165) is 49.6 Å². The quantitative estimate of drug-likeness (QED) is 0.765. The van der Waals surface area contributed by atoms with E-state index in [0.29, 0.717) is 5.88 Å². The fourth-order valence-corrected chi connectivity index (χ4v) is 3.98. The van der Waals surface area contributed by atoms with E-state index in [9.17, 15) is 4.79 Å². The molecular weight excluding hydrogens is 356 g/mol. The van der Waals surface area contributed by atoms with Crippen molar-refractivity contribution in [2.24, 2.45) is 0 Å². The van der Waals surface area contributed by atoms with Crippen molar-refractivity contribution in [2.45, 2.75) is 31.7 Å². The zero-order valence-corrected chi connectivity index (χ0v) is 16.2. The molecule has 148 valence electrons. The molecule has 7 nitrogen and oxygen atoms in total. The fourth-order valence-electron chi connectivity index (χ4n) is 3.98. The summed E-state index contributed by atoms with van der Waals surface area (Å²) in [7, 11) is 1.65. The van der Waals surface area contributed by atoms with E-state index in [1.165, 1.54) is 12.8 Å². The summed E-state index contributed by atoms with van der Waals surface area (Å²) >= 11 is 0. The highest BCUT2D eigenvalue weighted by Crippen LogP contribution is 2.33. The molecule has 2 aliphatic heterocycles. The van der Waals surface area contributed by atoms with Gasteiger partial charge in [0.25, 0.3) is 5.91 Å². The second-order valence-electron chi connectivity index (χ2n) is 7.23. The minimum Gasteiger partial charge on any atom is -0.497 e. The Labute approximate surface area is 165 Å². The van der Waals surface area contributed by atoms with Crippen LogP contribution in [0.4, 0.5) is 5.82 Å². The first kappa shape index (κ1) is 18.5. The van der Waals surface area contributed by atoms with Crippen LogP contribution in [0, 0.1) is 0 Å². The van der Waals surface area contributed by atoms with Crippen molar-refractivity contribution in [3.63, 3.8) is 0 Å². The molecule has 7 heteroatoms. The number of carbonyl (C=O) groups excluding carboxylic acids is 1. The molecular formula is C21H26N4O3. The summed E-state index contributed by atoms with van der Waals surface area (Å²) < 4.78 is 10.9. The number of hydrogen-bond donors (Lipinski definition) is 0. The van der Waals surface area contributed by atoms with E-state index >= 15 is 0 Å². The van der Waals surface area contributed by atoms with Crippen molar-refractivity contribution in [1.29, 1.82) is 0 Å². The van der Waals surface area contributed by atoms with Crippen molar-refractivity contribution < 1.29 is 14.3 Å². The van der Waals surface area contributed by atoms with Crippen molar-refractivity contribution in [3.8, 4) is 11.6 Å². The largest absolute Gasteiger partial charge is 0.497 e. The Hall–Kier alpha value is -2.83. The molecule has 0 aliphatic carbocycles. The third-order valence-corrected chi connectivity index (χ3v) is 5.45. The highest BCUT2D eigenvalue weighted by molar-refractivity contribution is 5.78. The van der Waals surface area contributed by atoms with Gasteiger partial charge in [0.2, 0.25) is 5.88 Å². The second kappa shape index (κ2) is 8.46. The maximum Gasteiger partial charge on any atom is 0.261 e. The van der Waals surface area contributed by atoms with Gasteiger partial charge in [0.15, 0.2) is 12.4 Å². The van der Waals surface area contributed by atoms with E-state index < -0.39 is 0 Å². The predicted octanol–water partition coefficient (Wildman–Crippen LogP) is 2.83. The number of benzene rings is 1. The van der Waals surface area contributed by atoms with Crippen LogP contribution in [0.25, 0.3) is 0 Å². The van der Waals surface area contributed by atoms with Gasteiger partial charge in [-0.3, -0.25) is 4.79 Å². The maximum atomic E-state index is 12.7. The van der Waals surface area contributed by atoms with Crippen LogP contribution in [0.3, 0.4) is 0 Å². The molecule has 0 radical (unpaired) electrons. The van der Waals surface area contributed by atoms with Gasteiger partial charge in [-0.1, -0.05) is 12.1 Å². The molecule has 0 spiro atoms. The molecule has 2 aromatic rings. The summed E-state index contributed by atoms with van der Waals surface area (Å²) in [6, 6.07) is 11.7. The fraction of sp³-hybridized carbons (Fsp3) is 0.476. The zero-order valence-electron chi connectivity index (χ0n) is 16.2. The molecule has 4 rings (SSSR count). The van der Waals surface area contributed by atoms with E-state index in [2.05, 4.69) is 15.1 Å². The van der Waals surface area contributed by atoms with Gasteiger partial charge in [-0.25, -0.2) is 0 Å². The van der Waals surface area contributed by atoms with Gasteiger partial charge in [-0.2, -0.15) is 0 Å². The van der Waals surface area contributed by atoms with E-state index in [1.807, 2.05) is 35.2 Å². The smallest absolute Gasteiger partial charge is 0.261 e. The van der Waals surface area contributed by atoms with Gasteiger partial charge in [0, 0.05) is 25.7 Å². The maximum absolute atomic E-state index is 12.7. The second-order valence-corrected chi connectivity index (χ2v) is 7.23. The van der Waals surface area contributed by atoms with Crippen LogP contribution in [-0.4, -0.2) is 54.4 Å². The highest BCUT2D eigenvalue weighted by Gasteiger charge is 2.30. The predicted molar refractivity (Wildman–Crippen MR) is 106 cm³/mol. The van der Waals surface area contributed by atoms with Gasteiger partial charge in [0.1, 0.15) is 5.75 Å². The van der Waals surface area contributed by atoms with Crippen molar-refractivity contribution >= 4 is 11.7 Å². The van der Waals surface area contributed by atoms with Gasteiger partial charge in [-0.15, -0.1) is 10.2 Å². The lowest BCUT2D eigenvalue weighted by Crippen LogP contribution is -2.34. The Balaban J connectivity index is 1.36. The summed E-state index contributed by atoms with van der Waals surface area (Å²) in [6.07, 6.45) is 4.32. The molecule has 0 bridgehead atoms. The van der Waals surface area contributed by atoms with Crippen LogP contribution in [0.2, 0.25) is 0 Å². The van der Waals surface area contributed by atoms with E-state index in [4.69, 9.17) is 9.47 Å². The molecule has 3 heterocycles.